The summed E-state index contributed by atoms with van der Waals surface area (Å²) in [4.78, 5) is 0. The van der Waals surface area contributed by atoms with Crippen molar-refractivity contribution in [2.24, 2.45) is 0 Å². The minimum absolute atomic E-state index is 0.913. The van der Waals surface area contributed by atoms with Crippen LogP contribution in [0.1, 0.15) is 37.1 Å². The zero-order chi connectivity index (χ0) is 14.5. The third kappa shape index (κ3) is 3.28. The topological polar surface area (TPSA) is 29.9 Å². The van der Waals surface area contributed by atoms with Crippen LogP contribution in [0, 0.1) is 13.8 Å². The summed E-state index contributed by atoms with van der Waals surface area (Å²) in [7, 11) is 0. The molecule has 20 heavy (non-hydrogen) atoms. The molecule has 108 valence electrons. The van der Waals surface area contributed by atoms with Crippen molar-refractivity contribution < 1.29 is 0 Å². The molecule has 0 bridgehead atoms. The van der Waals surface area contributed by atoms with Crippen LogP contribution in [0.25, 0.3) is 11.1 Å². The maximum absolute atomic E-state index is 4.57. The van der Waals surface area contributed by atoms with E-state index in [2.05, 4.69) is 62.5 Å². The van der Waals surface area contributed by atoms with E-state index in [4.69, 9.17) is 0 Å². The summed E-state index contributed by atoms with van der Waals surface area (Å²) in [6, 6.07) is 6.69. The van der Waals surface area contributed by atoms with Gasteiger partial charge in [-0.05, 0) is 44.9 Å². The van der Waals surface area contributed by atoms with Crippen molar-refractivity contribution in [2.45, 2.75) is 47.2 Å². The highest BCUT2D eigenvalue weighted by Gasteiger charge is 2.11. The number of nitrogens with zero attached hydrogens (tertiary/aromatic N) is 2. The summed E-state index contributed by atoms with van der Waals surface area (Å²) in [6.45, 7) is 11.4. The zero-order valence-corrected chi connectivity index (χ0v) is 13.0. The average Bonchev–Trinajstić information content (AvgIpc) is 2.82. The van der Waals surface area contributed by atoms with E-state index in [0.29, 0.717) is 0 Å². The molecule has 3 nitrogen and oxygen atoms in total. The molecule has 1 heterocycles. The van der Waals surface area contributed by atoms with E-state index in [1.54, 1.807) is 0 Å². The maximum Gasteiger partial charge on any atom is 0.0672 e. The Bertz CT molecular complexity index is 570. The number of nitrogens with one attached hydrogen (secondary N) is 1. The van der Waals surface area contributed by atoms with Crippen LogP contribution in [-0.4, -0.2) is 16.3 Å². The molecule has 0 aliphatic rings. The number of hydrogen-bond acceptors (Lipinski definition) is 2. The monoisotopic (exact) mass is 271 g/mol. The SMILES string of the molecule is CCCNCc1ccc(C)cc1-c1cn(CC)nc1C. The Labute approximate surface area is 122 Å². The fourth-order valence-electron chi connectivity index (χ4n) is 2.44. The normalized spacial score (nSPS) is 11.0. The van der Waals surface area contributed by atoms with Crippen LogP contribution < -0.4 is 5.32 Å². The van der Waals surface area contributed by atoms with Crippen molar-refractivity contribution in [1.82, 2.24) is 15.1 Å². The second-order valence-corrected chi connectivity index (χ2v) is 5.32. The van der Waals surface area contributed by atoms with Gasteiger partial charge in [0.05, 0.1) is 5.69 Å². The van der Waals surface area contributed by atoms with Gasteiger partial charge in [-0.25, -0.2) is 0 Å². The molecule has 0 radical (unpaired) electrons. The summed E-state index contributed by atoms with van der Waals surface area (Å²) in [5, 5.41) is 8.06. The molecule has 3 heteroatoms. The minimum Gasteiger partial charge on any atom is -0.313 e. The van der Waals surface area contributed by atoms with Crippen molar-refractivity contribution in [2.75, 3.05) is 6.54 Å². The van der Waals surface area contributed by atoms with Crippen LogP contribution >= 0.6 is 0 Å². The lowest BCUT2D eigenvalue weighted by Gasteiger charge is -2.11. The first kappa shape index (κ1) is 14.8. The van der Waals surface area contributed by atoms with Crippen molar-refractivity contribution >= 4 is 0 Å². The first-order chi connectivity index (χ1) is 9.65. The lowest BCUT2D eigenvalue weighted by molar-refractivity contribution is 0.653. The Morgan fingerprint density at radius 2 is 1.95 bits per heavy atom. The smallest absolute Gasteiger partial charge is 0.0672 e. The second kappa shape index (κ2) is 6.71. The zero-order valence-electron chi connectivity index (χ0n) is 13.0. The third-order valence-corrected chi connectivity index (χ3v) is 3.57. The van der Waals surface area contributed by atoms with Gasteiger partial charge in [0.2, 0.25) is 0 Å². The number of rotatable bonds is 6. The molecule has 0 atom stereocenters. The van der Waals surface area contributed by atoms with Crippen molar-refractivity contribution in [3.8, 4) is 11.1 Å². The molecule has 0 unspecified atom stereocenters. The van der Waals surface area contributed by atoms with Gasteiger partial charge in [0, 0.05) is 24.8 Å². The molecule has 0 spiro atoms. The highest BCUT2D eigenvalue weighted by molar-refractivity contribution is 5.69. The first-order valence-corrected chi connectivity index (χ1v) is 7.50. The van der Waals surface area contributed by atoms with Gasteiger partial charge < -0.3 is 5.32 Å². The average molecular weight is 271 g/mol. The molecule has 0 amide bonds. The van der Waals surface area contributed by atoms with Crippen LogP contribution in [0.15, 0.2) is 24.4 Å². The van der Waals surface area contributed by atoms with Crippen LogP contribution in [0.5, 0.6) is 0 Å². The van der Waals surface area contributed by atoms with Crippen molar-refractivity contribution in [3.63, 3.8) is 0 Å². The van der Waals surface area contributed by atoms with Crippen LogP contribution in [0.3, 0.4) is 0 Å². The molecule has 0 aliphatic heterocycles. The summed E-state index contributed by atoms with van der Waals surface area (Å²) >= 11 is 0. The summed E-state index contributed by atoms with van der Waals surface area (Å²) in [5.41, 5.74) is 6.31. The number of benzene rings is 1. The fraction of sp³-hybridized carbons (Fsp3) is 0.471. The molecule has 2 aromatic rings. The van der Waals surface area contributed by atoms with Gasteiger partial charge in [-0.1, -0.05) is 30.7 Å². The predicted molar refractivity (Wildman–Crippen MR) is 84.8 cm³/mol. The van der Waals surface area contributed by atoms with E-state index < -0.39 is 0 Å². The fourth-order valence-corrected chi connectivity index (χ4v) is 2.44. The molecular weight excluding hydrogens is 246 g/mol. The Kier molecular flexibility index (Phi) is 4.96. The van der Waals surface area contributed by atoms with Gasteiger partial charge in [-0.3, -0.25) is 4.68 Å². The summed E-state index contributed by atoms with van der Waals surface area (Å²) in [5.74, 6) is 0. The lowest BCUT2D eigenvalue weighted by Crippen LogP contribution is -2.14. The maximum atomic E-state index is 4.57. The molecule has 1 aromatic carbocycles. The number of hydrogen-bond donors (Lipinski definition) is 1. The van der Waals surface area contributed by atoms with Crippen LogP contribution in [-0.2, 0) is 13.1 Å². The molecule has 1 aromatic heterocycles. The van der Waals surface area contributed by atoms with Gasteiger partial charge in [0.25, 0.3) is 0 Å². The van der Waals surface area contributed by atoms with Gasteiger partial charge in [-0.15, -0.1) is 0 Å². The first-order valence-electron chi connectivity index (χ1n) is 7.50. The molecule has 1 N–H and O–H groups in total. The van der Waals surface area contributed by atoms with E-state index in [-0.39, 0.29) is 0 Å². The minimum atomic E-state index is 0.913. The Morgan fingerprint density at radius 3 is 2.60 bits per heavy atom. The number of aryl methyl sites for hydroxylation is 3. The summed E-state index contributed by atoms with van der Waals surface area (Å²) in [6.07, 6.45) is 3.32. The molecule has 0 aliphatic carbocycles. The highest BCUT2D eigenvalue weighted by Crippen LogP contribution is 2.27. The Hall–Kier alpha value is -1.61. The Balaban J connectivity index is 2.37. The molecule has 0 fully saturated rings. The molecule has 0 saturated heterocycles. The van der Waals surface area contributed by atoms with Gasteiger partial charge in [0.1, 0.15) is 0 Å². The largest absolute Gasteiger partial charge is 0.313 e. The Morgan fingerprint density at radius 1 is 1.15 bits per heavy atom. The van der Waals surface area contributed by atoms with E-state index in [1.807, 2.05) is 4.68 Å². The number of aromatic nitrogens is 2. The third-order valence-electron chi connectivity index (χ3n) is 3.57. The van der Waals surface area contributed by atoms with E-state index >= 15 is 0 Å². The van der Waals surface area contributed by atoms with E-state index in [0.717, 1.165) is 31.7 Å². The molecular formula is C17H25N3. The van der Waals surface area contributed by atoms with Crippen LogP contribution in [0.4, 0.5) is 0 Å². The standard InChI is InChI=1S/C17H25N3/c1-5-9-18-11-15-8-7-13(3)10-16(15)17-12-20(6-2)19-14(17)4/h7-8,10,12,18H,5-6,9,11H2,1-4H3. The predicted octanol–water partition coefficient (Wildman–Crippen LogP) is 3.69. The van der Waals surface area contributed by atoms with E-state index in [9.17, 15) is 0 Å². The van der Waals surface area contributed by atoms with E-state index in [1.165, 1.54) is 22.3 Å². The van der Waals surface area contributed by atoms with Gasteiger partial charge in [0.15, 0.2) is 0 Å². The van der Waals surface area contributed by atoms with Gasteiger partial charge >= 0.3 is 0 Å². The molecule has 0 saturated carbocycles. The van der Waals surface area contributed by atoms with Crippen LogP contribution in [0.2, 0.25) is 0 Å². The molecule has 2 rings (SSSR count). The summed E-state index contributed by atoms with van der Waals surface area (Å²) < 4.78 is 2.01. The lowest BCUT2D eigenvalue weighted by atomic mass is 9.98. The van der Waals surface area contributed by atoms with Gasteiger partial charge in [-0.2, -0.15) is 5.10 Å². The quantitative estimate of drug-likeness (QED) is 0.812. The second-order valence-electron chi connectivity index (χ2n) is 5.32. The van der Waals surface area contributed by atoms with Crippen molar-refractivity contribution in [1.29, 1.82) is 0 Å². The van der Waals surface area contributed by atoms with Crippen molar-refractivity contribution in [3.05, 3.63) is 41.2 Å². The highest BCUT2D eigenvalue weighted by atomic mass is 15.3.